The summed E-state index contributed by atoms with van der Waals surface area (Å²) in [5, 5.41) is 4.27. The summed E-state index contributed by atoms with van der Waals surface area (Å²) >= 11 is 2.29. The van der Waals surface area contributed by atoms with E-state index >= 15 is 0 Å². The molecule has 2 aromatic rings. The van der Waals surface area contributed by atoms with Crippen LogP contribution >= 0.6 is 22.6 Å². The van der Waals surface area contributed by atoms with E-state index in [0.717, 1.165) is 17.9 Å². The fourth-order valence-electron chi connectivity index (χ4n) is 1.97. The number of benzene rings is 1. The third kappa shape index (κ3) is 4.01. The molecule has 0 bridgehead atoms. The molecule has 1 aromatic heterocycles. The molecule has 1 aromatic carbocycles. The second kappa shape index (κ2) is 6.47. The first kappa shape index (κ1) is 14.5. The Morgan fingerprint density at radius 1 is 1.26 bits per heavy atom. The molecule has 0 saturated heterocycles. The Labute approximate surface area is 127 Å². The number of nitrogens with two attached hydrogens (primary N) is 1. The molecular weight excluding hydrogens is 351 g/mol. The summed E-state index contributed by atoms with van der Waals surface area (Å²) in [7, 11) is 0. The fraction of sp³-hybridized carbons (Fsp3) is 0.429. The Balaban J connectivity index is 2.08. The highest BCUT2D eigenvalue weighted by atomic mass is 127. The van der Waals surface area contributed by atoms with Crippen LogP contribution in [-0.4, -0.2) is 14.8 Å². The third-order valence-corrected chi connectivity index (χ3v) is 3.65. The Bertz CT molecular complexity index is 518. The van der Waals surface area contributed by atoms with Crippen molar-refractivity contribution in [2.24, 2.45) is 11.7 Å². The minimum Gasteiger partial charge on any atom is -0.324 e. The van der Waals surface area contributed by atoms with E-state index in [4.69, 9.17) is 5.73 Å². The Morgan fingerprint density at radius 2 is 1.95 bits per heavy atom. The maximum atomic E-state index is 6.25. The molecule has 0 amide bonds. The van der Waals surface area contributed by atoms with Gasteiger partial charge in [-0.3, -0.25) is 0 Å². The summed E-state index contributed by atoms with van der Waals surface area (Å²) < 4.78 is 3.17. The normalized spacial score (nSPS) is 12.9. The fourth-order valence-corrected chi connectivity index (χ4v) is 2.33. The zero-order valence-corrected chi connectivity index (χ0v) is 13.4. The predicted octanol–water partition coefficient (Wildman–Crippen LogP) is 2.78. The molecule has 1 unspecified atom stereocenters. The molecule has 2 rings (SSSR count). The van der Waals surface area contributed by atoms with Gasteiger partial charge in [-0.05, 0) is 46.2 Å². The molecule has 1 heterocycles. The van der Waals surface area contributed by atoms with Crippen molar-refractivity contribution in [2.75, 3.05) is 0 Å². The molecule has 0 aliphatic rings. The molecule has 19 heavy (non-hydrogen) atoms. The molecule has 2 N–H and O–H groups in total. The third-order valence-electron chi connectivity index (χ3n) is 2.93. The molecule has 0 fully saturated rings. The topological polar surface area (TPSA) is 56.7 Å². The smallest absolute Gasteiger partial charge is 0.138 e. The van der Waals surface area contributed by atoms with Crippen LogP contribution in [0.5, 0.6) is 0 Å². The van der Waals surface area contributed by atoms with Crippen LogP contribution in [0.15, 0.2) is 30.6 Å². The van der Waals surface area contributed by atoms with Gasteiger partial charge in [-0.25, -0.2) is 9.67 Å². The zero-order chi connectivity index (χ0) is 13.8. The van der Waals surface area contributed by atoms with Crippen molar-refractivity contribution in [2.45, 2.75) is 32.9 Å². The SMILES string of the molecule is CC(C)Cn1ncnc1CC(N)c1ccc(I)cc1. The van der Waals surface area contributed by atoms with Crippen LogP contribution in [-0.2, 0) is 13.0 Å². The number of nitrogens with zero attached hydrogens (tertiary/aromatic N) is 3. The van der Waals surface area contributed by atoms with E-state index in [2.05, 4.69) is 70.8 Å². The molecule has 1 atom stereocenters. The lowest BCUT2D eigenvalue weighted by molar-refractivity contribution is 0.459. The summed E-state index contributed by atoms with van der Waals surface area (Å²) in [6.07, 6.45) is 2.33. The molecule has 0 aliphatic carbocycles. The van der Waals surface area contributed by atoms with Gasteiger partial charge in [0.05, 0.1) is 0 Å². The quantitative estimate of drug-likeness (QED) is 0.824. The lowest BCUT2D eigenvalue weighted by Gasteiger charge is -2.13. The van der Waals surface area contributed by atoms with Gasteiger partial charge in [0.2, 0.25) is 0 Å². The second-order valence-corrected chi connectivity index (χ2v) is 6.36. The molecule has 0 saturated carbocycles. The van der Waals surface area contributed by atoms with Gasteiger partial charge in [0.25, 0.3) is 0 Å². The summed E-state index contributed by atoms with van der Waals surface area (Å²) in [6, 6.07) is 8.28. The minimum atomic E-state index is -0.0351. The summed E-state index contributed by atoms with van der Waals surface area (Å²) in [4.78, 5) is 4.32. The lowest BCUT2D eigenvalue weighted by atomic mass is 10.0. The maximum absolute atomic E-state index is 6.25. The van der Waals surface area contributed by atoms with Crippen LogP contribution in [0.2, 0.25) is 0 Å². The van der Waals surface area contributed by atoms with Crippen molar-refractivity contribution >= 4 is 22.6 Å². The predicted molar refractivity (Wildman–Crippen MR) is 84.7 cm³/mol. The molecule has 0 radical (unpaired) electrons. The molecular formula is C14H19IN4. The van der Waals surface area contributed by atoms with Crippen LogP contribution in [0.3, 0.4) is 0 Å². The first-order valence-corrected chi connectivity index (χ1v) is 7.52. The van der Waals surface area contributed by atoms with E-state index in [1.807, 2.05) is 4.68 Å². The van der Waals surface area contributed by atoms with Crippen LogP contribution in [0.25, 0.3) is 0 Å². The highest BCUT2D eigenvalue weighted by Gasteiger charge is 2.12. The number of hydrogen-bond donors (Lipinski definition) is 1. The molecule has 0 aliphatic heterocycles. The van der Waals surface area contributed by atoms with Crippen molar-refractivity contribution in [1.82, 2.24) is 14.8 Å². The minimum absolute atomic E-state index is 0.0351. The molecule has 5 heteroatoms. The van der Waals surface area contributed by atoms with Gasteiger partial charge in [-0.15, -0.1) is 0 Å². The number of halogens is 1. The van der Waals surface area contributed by atoms with E-state index in [1.165, 1.54) is 3.57 Å². The van der Waals surface area contributed by atoms with Crippen LogP contribution in [0.1, 0.15) is 31.3 Å². The Kier molecular flexibility index (Phi) is 4.93. The molecule has 102 valence electrons. The molecule has 0 spiro atoms. The van der Waals surface area contributed by atoms with Gasteiger partial charge in [-0.1, -0.05) is 26.0 Å². The second-order valence-electron chi connectivity index (χ2n) is 5.11. The summed E-state index contributed by atoms with van der Waals surface area (Å²) in [5.74, 6) is 1.51. The van der Waals surface area contributed by atoms with Crippen LogP contribution < -0.4 is 5.73 Å². The average Bonchev–Trinajstić information content (AvgIpc) is 2.76. The first-order valence-electron chi connectivity index (χ1n) is 6.44. The van der Waals surface area contributed by atoms with Gasteiger partial charge < -0.3 is 5.73 Å². The van der Waals surface area contributed by atoms with Gasteiger partial charge in [0, 0.05) is 22.6 Å². The van der Waals surface area contributed by atoms with E-state index in [0.29, 0.717) is 12.3 Å². The van der Waals surface area contributed by atoms with Crippen molar-refractivity contribution in [3.63, 3.8) is 0 Å². The number of hydrogen-bond acceptors (Lipinski definition) is 3. The van der Waals surface area contributed by atoms with Gasteiger partial charge in [0.1, 0.15) is 12.2 Å². The van der Waals surface area contributed by atoms with E-state index in [9.17, 15) is 0 Å². The lowest BCUT2D eigenvalue weighted by Crippen LogP contribution is -2.18. The number of rotatable bonds is 5. The highest BCUT2D eigenvalue weighted by molar-refractivity contribution is 14.1. The highest BCUT2D eigenvalue weighted by Crippen LogP contribution is 2.16. The van der Waals surface area contributed by atoms with Crippen molar-refractivity contribution in [1.29, 1.82) is 0 Å². The Morgan fingerprint density at radius 3 is 2.58 bits per heavy atom. The monoisotopic (exact) mass is 370 g/mol. The van der Waals surface area contributed by atoms with E-state index < -0.39 is 0 Å². The largest absolute Gasteiger partial charge is 0.324 e. The zero-order valence-electron chi connectivity index (χ0n) is 11.3. The van der Waals surface area contributed by atoms with Crippen molar-refractivity contribution < 1.29 is 0 Å². The van der Waals surface area contributed by atoms with Gasteiger partial charge in [0.15, 0.2) is 0 Å². The summed E-state index contributed by atoms with van der Waals surface area (Å²) in [6.45, 7) is 5.23. The first-order chi connectivity index (χ1) is 9.06. The van der Waals surface area contributed by atoms with Gasteiger partial charge in [-0.2, -0.15) is 5.10 Å². The van der Waals surface area contributed by atoms with Crippen molar-refractivity contribution in [3.8, 4) is 0 Å². The maximum Gasteiger partial charge on any atom is 0.138 e. The van der Waals surface area contributed by atoms with E-state index in [1.54, 1.807) is 6.33 Å². The van der Waals surface area contributed by atoms with Crippen LogP contribution in [0, 0.1) is 9.49 Å². The number of aromatic nitrogens is 3. The van der Waals surface area contributed by atoms with Crippen molar-refractivity contribution in [3.05, 3.63) is 45.6 Å². The average molecular weight is 370 g/mol. The Hall–Kier alpha value is -0.950. The van der Waals surface area contributed by atoms with Crippen LogP contribution in [0.4, 0.5) is 0 Å². The molecule has 4 nitrogen and oxygen atoms in total. The summed E-state index contributed by atoms with van der Waals surface area (Å²) in [5.41, 5.74) is 7.39. The van der Waals surface area contributed by atoms with Gasteiger partial charge >= 0.3 is 0 Å². The standard InChI is InChI=1S/C14H19IN4/c1-10(2)8-19-14(17-9-18-19)7-13(16)11-3-5-12(15)6-4-11/h3-6,9-10,13H,7-8,16H2,1-2H3. The van der Waals surface area contributed by atoms with E-state index in [-0.39, 0.29) is 6.04 Å².